The zero-order valence-corrected chi connectivity index (χ0v) is 8.62. The summed E-state index contributed by atoms with van der Waals surface area (Å²) in [6.45, 7) is 9.50. The summed E-state index contributed by atoms with van der Waals surface area (Å²) < 4.78 is 0. The lowest BCUT2D eigenvalue weighted by Crippen LogP contribution is -1.96. The lowest BCUT2D eigenvalue weighted by atomic mass is 10.0. The molecule has 1 aromatic rings. The largest absolute Gasteiger partial charge is 0.384 e. The first-order valence-electron chi connectivity index (χ1n) is 4.60. The van der Waals surface area contributed by atoms with Gasteiger partial charge in [-0.05, 0) is 18.1 Å². The molecular formula is C12H18O. The van der Waals surface area contributed by atoms with Crippen molar-refractivity contribution in [2.45, 2.75) is 26.9 Å². The molecule has 1 nitrogen and oxygen atoms in total. The second-order valence-electron chi connectivity index (χ2n) is 2.66. The van der Waals surface area contributed by atoms with Gasteiger partial charge < -0.3 is 5.11 Å². The van der Waals surface area contributed by atoms with Gasteiger partial charge in [-0.2, -0.15) is 0 Å². The molecule has 1 N–H and O–H groups in total. The van der Waals surface area contributed by atoms with Crippen LogP contribution < -0.4 is 0 Å². The van der Waals surface area contributed by atoms with E-state index in [-0.39, 0.29) is 0 Å². The van der Waals surface area contributed by atoms with Gasteiger partial charge in [0.2, 0.25) is 0 Å². The average Bonchev–Trinajstić information content (AvgIpc) is 2.21. The van der Waals surface area contributed by atoms with E-state index in [2.05, 4.69) is 6.58 Å². The van der Waals surface area contributed by atoms with Crippen molar-refractivity contribution in [1.29, 1.82) is 0 Å². The summed E-state index contributed by atoms with van der Waals surface area (Å²) >= 11 is 0. The normalized spacial score (nSPS) is 11.1. The molecule has 0 saturated carbocycles. The maximum Gasteiger partial charge on any atom is 0.0995 e. The molecule has 0 amide bonds. The fourth-order valence-electron chi connectivity index (χ4n) is 0.920. The van der Waals surface area contributed by atoms with E-state index in [1.54, 1.807) is 0 Å². The molecule has 1 rings (SSSR count). The summed E-state index contributed by atoms with van der Waals surface area (Å²) in [5.74, 6) is 0. The van der Waals surface area contributed by atoms with Crippen molar-refractivity contribution in [1.82, 2.24) is 0 Å². The van der Waals surface area contributed by atoms with Crippen LogP contribution in [0, 0.1) is 0 Å². The molecule has 0 aliphatic heterocycles. The Bertz CT molecular complexity index is 239. The third-order valence-corrected chi connectivity index (χ3v) is 1.58. The van der Waals surface area contributed by atoms with Crippen molar-refractivity contribution in [3.8, 4) is 0 Å². The van der Waals surface area contributed by atoms with Crippen LogP contribution >= 0.6 is 0 Å². The second kappa shape index (κ2) is 6.44. The molecule has 0 saturated heterocycles. The highest BCUT2D eigenvalue weighted by molar-refractivity contribution is 5.23. The Morgan fingerprint density at radius 2 is 1.69 bits per heavy atom. The van der Waals surface area contributed by atoms with Gasteiger partial charge in [0.05, 0.1) is 6.10 Å². The summed E-state index contributed by atoms with van der Waals surface area (Å²) in [5, 5.41) is 9.50. The molecule has 0 heterocycles. The van der Waals surface area contributed by atoms with E-state index in [4.69, 9.17) is 0 Å². The quantitative estimate of drug-likeness (QED) is 0.689. The van der Waals surface area contributed by atoms with Crippen LogP contribution in [-0.2, 0) is 0 Å². The standard InChI is InChI=1S/C10H12O.C2H6/c1-8(2)10(11)9-6-4-3-5-7-9;1-2/h3-7,10-11H,1H2,2H3;1-2H3. The number of hydrogen-bond acceptors (Lipinski definition) is 1. The predicted molar refractivity (Wildman–Crippen MR) is 57.6 cm³/mol. The van der Waals surface area contributed by atoms with Gasteiger partial charge in [0.15, 0.2) is 0 Å². The Balaban J connectivity index is 0.000000671. The number of benzene rings is 1. The minimum absolute atomic E-state index is 0.517. The van der Waals surface area contributed by atoms with Crippen molar-refractivity contribution in [3.63, 3.8) is 0 Å². The summed E-state index contributed by atoms with van der Waals surface area (Å²) in [5.41, 5.74) is 1.68. The first kappa shape index (κ1) is 11.9. The highest BCUT2D eigenvalue weighted by Gasteiger charge is 2.05. The summed E-state index contributed by atoms with van der Waals surface area (Å²) in [6.07, 6.45) is -0.517. The molecule has 1 unspecified atom stereocenters. The van der Waals surface area contributed by atoms with Crippen LogP contribution in [0.1, 0.15) is 32.4 Å². The smallest absolute Gasteiger partial charge is 0.0995 e. The molecule has 1 aromatic carbocycles. The van der Waals surface area contributed by atoms with E-state index in [0.29, 0.717) is 0 Å². The van der Waals surface area contributed by atoms with Crippen LogP contribution in [0.15, 0.2) is 42.5 Å². The Morgan fingerprint density at radius 1 is 1.23 bits per heavy atom. The van der Waals surface area contributed by atoms with E-state index in [1.807, 2.05) is 51.1 Å². The Kier molecular flexibility index (Phi) is 5.90. The highest BCUT2D eigenvalue weighted by atomic mass is 16.3. The molecule has 0 aliphatic carbocycles. The van der Waals surface area contributed by atoms with Crippen molar-refractivity contribution < 1.29 is 5.11 Å². The zero-order valence-electron chi connectivity index (χ0n) is 8.62. The molecule has 0 spiro atoms. The van der Waals surface area contributed by atoms with Gasteiger partial charge in [0.1, 0.15) is 0 Å². The van der Waals surface area contributed by atoms with E-state index in [1.165, 1.54) is 0 Å². The van der Waals surface area contributed by atoms with Crippen molar-refractivity contribution in [2.24, 2.45) is 0 Å². The average molecular weight is 178 g/mol. The highest BCUT2D eigenvalue weighted by Crippen LogP contribution is 2.18. The Morgan fingerprint density at radius 3 is 2.08 bits per heavy atom. The van der Waals surface area contributed by atoms with Crippen LogP contribution in [0.2, 0.25) is 0 Å². The van der Waals surface area contributed by atoms with Gasteiger partial charge in [0, 0.05) is 0 Å². The molecule has 72 valence electrons. The first-order valence-corrected chi connectivity index (χ1v) is 4.60. The molecule has 0 radical (unpaired) electrons. The molecule has 13 heavy (non-hydrogen) atoms. The lowest BCUT2D eigenvalue weighted by Gasteiger charge is -2.09. The van der Waals surface area contributed by atoms with E-state index >= 15 is 0 Å². The zero-order chi connectivity index (χ0) is 10.3. The van der Waals surface area contributed by atoms with E-state index in [0.717, 1.165) is 11.1 Å². The molecule has 1 atom stereocenters. The number of aliphatic hydroxyl groups excluding tert-OH is 1. The van der Waals surface area contributed by atoms with Gasteiger partial charge >= 0.3 is 0 Å². The number of rotatable bonds is 2. The summed E-state index contributed by atoms with van der Waals surface area (Å²) in [6, 6.07) is 9.51. The van der Waals surface area contributed by atoms with Crippen LogP contribution in [-0.4, -0.2) is 5.11 Å². The minimum atomic E-state index is -0.517. The van der Waals surface area contributed by atoms with E-state index < -0.39 is 6.10 Å². The van der Waals surface area contributed by atoms with Crippen LogP contribution in [0.5, 0.6) is 0 Å². The van der Waals surface area contributed by atoms with Crippen LogP contribution in [0.3, 0.4) is 0 Å². The van der Waals surface area contributed by atoms with Gasteiger partial charge in [-0.3, -0.25) is 0 Å². The predicted octanol–water partition coefficient (Wildman–Crippen LogP) is 3.32. The molecule has 0 bridgehead atoms. The fraction of sp³-hybridized carbons (Fsp3) is 0.333. The van der Waals surface area contributed by atoms with Gasteiger partial charge in [-0.1, -0.05) is 50.8 Å². The van der Waals surface area contributed by atoms with Crippen molar-refractivity contribution in [2.75, 3.05) is 0 Å². The maximum atomic E-state index is 9.50. The van der Waals surface area contributed by atoms with E-state index in [9.17, 15) is 5.11 Å². The molecule has 0 aliphatic rings. The molecule has 1 heteroatoms. The Hall–Kier alpha value is -1.08. The molecule has 0 aromatic heterocycles. The third kappa shape index (κ3) is 3.90. The van der Waals surface area contributed by atoms with Crippen LogP contribution in [0.25, 0.3) is 0 Å². The van der Waals surface area contributed by atoms with Gasteiger partial charge in [-0.15, -0.1) is 0 Å². The van der Waals surface area contributed by atoms with Gasteiger partial charge in [-0.25, -0.2) is 0 Å². The first-order chi connectivity index (χ1) is 6.22. The monoisotopic (exact) mass is 178 g/mol. The van der Waals surface area contributed by atoms with Gasteiger partial charge in [0.25, 0.3) is 0 Å². The number of hydrogen-bond donors (Lipinski definition) is 1. The number of aliphatic hydroxyl groups is 1. The lowest BCUT2D eigenvalue weighted by molar-refractivity contribution is 0.216. The maximum absolute atomic E-state index is 9.50. The topological polar surface area (TPSA) is 20.2 Å². The van der Waals surface area contributed by atoms with Crippen molar-refractivity contribution in [3.05, 3.63) is 48.0 Å². The fourth-order valence-corrected chi connectivity index (χ4v) is 0.920. The van der Waals surface area contributed by atoms with Crippen molar-refractivity contribution >= 4 is 0 Å². The molecular weight excluding hydrogens is 160 g/mol. The Labute approximate surface area is 80.7 Å². The minimum Gasteiger partial charge on any atom is -0.384 e. The summed E-state index contributed by atoms with van der Waals surface area (Å²) in [4.78, 5) is 0. The SMILES string of the molecule is C=C(C)C(O)c1ccccc1.CC. The third-order valence-electron chi connectivity index (χ3n) is 1.58. The molecule has 0 fully saturated rings. The summed E-state index contributed by atoms with van der Waals surface area (Å²) in [7, 11) is 0. The van der Waals surface area contributed by atoms with Crippen LogP contribution in [0.4, 0.5) is 0 Å². The second-order valence-corrected chi connectivity index (χ2v) is 2.66.